The van der Waals surface area contributed by atoms with Crippen LogP contribution in [0.4, 0.5) is 0 Å². The van der Waals surface area contributed by atoms with Crippen LogP contribution >= 0.6 is 0 Å². The molecule has 0 saturated carbocycles. The van der Waals surface area contributed by atoms with Gasteiger partial charge in [-0.05, 0) is 44.1 Å². The average Bonchev–Trinajstić information content (AvgIpc) is 2.74. The smallest absolute Gasteiger partial charge is 0.338 e. The van der Waals surface area contributed by atoms with Gasteiger partial charge in [0.15, 0.2) is 5.78 Å². The van der Waals surface area contributed by atoms with Gasteiger partial charge in [0.1, 0.15) is 12.4 Å². The number of hydrogen-bond acceptors (Lipinski definition) is 5. The maximum absolute atomic E-state index is 12.8. The summed E-state index contributed by atoms with van der Waals surface area (Å²) < 4.78 is 10.7. The van der Waals surface area contributed by atoms with Crippen LogP contribution in [-0.4, -0.2) is 50.0 Å². The highest BCUT2D eigenvalue weighted by molar-refractivity contribution is 6.14. The van der Waals surface area contributed by atoms with Gasteiger partial charge in [-0.25, -0.2) is 4.79 Å². The summed E-state index contributed by atoms with van der Waals surface area (Å²) in [6, 6.07) is 13.9. The summed E-state index contributed by atoms with van der Waals surface area (Å²) in [5.41, 5.74) is 1.07. The molecule has 0 atom stereocenters. The minimum absolute atomic E-state index is 0.212. The number of carbonyl (C=O) groups is 2. The van der Waals surface area contributed by atoms with E-state index in [9.17, 15) is 9.59 Å². The lowest BCUT2D eigenvalue weighted by molar-refractivity contribution is 0.0597. The molecule has 1 aliphatic rings. The maximum atomic E-state index is 12.8. The van der Waals surface area contributed by atoms with Crippen molar-refractivity contribution in [3.8, 4) is 5.75 Å². The fourth-order valence-electron chi connectivity index (χ4n) is 3.31. The molecule has 0 unspecified atom stereocenters. The first kappa shape index (κ1) is 19.1. The Balaban J connectivity index is 1.73. The SMILES string of the molecule is COC(=O)c1cc(OCCN2CCCCC2)ccc1C(=O)c1ccccc1. The van der Waals surface area contributed by atoms with E-state index in [4.69, 9.17) is 9.47 Å². The molecule has 3 rings (SSSR count). The second-order valence-electron chi connectivity index (χ2n) is 6.64. The third kappa shape index (κ3) is 4.95. The number of benzene rings is 2. The lowest BCUT2D eigenvalue weighted by Gasteiger charge is -2.26. The van der Waals surface area contributed by atoms with Gasteiger partial charge in [-0.15, -0.1) is 0 Å². The summed E-state index contributed by atoms with van der Waals surface area (Å²) in [5.74, 6) is -0.191. The Kier molecular flexibility index (Phi) is 6.60. The molecule has 0 spiro atoms. The van der Waals surface area contributed by atoms with Crippen molar-refractivity contribution in [1.29, 1.82) is 0 Å². The van der Waals surface area contributed by atoms with E-state index in [0.29, 0.717) is 23.5 Å². The van der Waals surface area contributed by atoms with Gasteiger partial charge in [-0.1, -0.05) is 36.8 Å². The first-order valence-corrected chi connectivity index (χ1v) is 9.36. The molecule has 27 heavy (non-hydrogen) atoms. The molecule has 1 heterocycles. The van der Waals surface area contributed by atoms with Crippen molar-refractivity contribution in [3.05, 3.63) is 65.2 Å². The van der Waals surface area contributed by atoms with E-state index in [1.54, 1.807) is 42.5 Å². The molecule has 1 fully saturated rings. The topological polar surface area (TPSA) is 55.8 Å². The third-order valence-electron chi connectivity index (χ3n) is 4.80. The first-order valence-electron chi connectivity index (χ1n) is 9.36. The molecule has 5 nitrogen and oxygen atoms in total. The number of carbonyl (C=O) groups excluding carboxylic acids is 2. The number of ether oxygens (including phenoxy) is 2. The number of piperidine rings is 1. The molecule has 1 saturated heterocycles. The predicted octanol–water partition coefficient (Wildman–Crippen LogP) is 3.57. The summed E-state index contributed by atoms with van der Waals surface area (Å²) >= 11 is 0. The van der Waals surface area contributed by atoms with Gasteiger partial charge >= 0.3 is 5.97 Å². The Morgan fingerprint density at radius 3 is 2.41 bits per heavy atom. The Morgan fingerprint density at radius 1 is 0.963 bits per heavy atom. The van der Waals surface area contributed by atoms with Gasteiger partial charge in [0.25, 0.3) is 0 Å². The number of rotatable bonds is 7. The van der Waals surface area contributed by atoms with Crippen LogP contribution in [0.2, 0.25) is 0 Å². The van der Waals surface area contributed by atoms with Crippen molar-refractivity contribution in [2.24, 2.45) is 0 Å². The van der Waals surface area contributed by atoms with Crippen molar-refractivity contribution >= 4 is 11.8 Å². The molecule has 1 aliphatic heterocycles. The number of hydrogen-bond donors (Lipinski definition) is 0. The van der Waals surface area contributed by atoms with E-state index >= 15 is 0 Å². The zero-order chi connectivity index (χ0) is 19.1. The highest BCUT2D eigenvalue weighted by atomic mass is 16.5. The van der Waals surface area contributed by atoms with Crippen molar-refractivity contribution in [2.75, 3.05) is 33.4 Å². The minimum atomic E-state index is -0.546. The van der Waals surface area contributed by atoms with E-state index in [0.717, 1.165) is 19.6 Å². The monoisotopic (exact) mass is 367 g/mol. The van der Waals surface area contributed by atoms with Gasteiger partial charge < -0.3 is 9.47 Å². The zero-order valence-corrected chi connectivity index (χ0v) is 15.6. The van der Waals surface area contributed by atoms with Crippen LogP contribution in [0.15, 0.2) is 48.5 Å². The first-order chi connectivity index (χ1) is 13.2. The van der Waals surface area contributed by atoms with Crippen molar-refractivity contribution in [2.45, 2.75) is 19.3 Å². The van der Waals surface area contributed by atoms with Gasteiger partial charge in [-0.3, -0.25) is 9.69 Å². The van der Waals surface area contributed by atoms with Crippen molar-refractivity contribution in [1.82, 2.24) is 4.90 Å². The molecule has 0 radical (unpaired) electrons. The standard InChI is InChI=1S/C22H25NO4/c1-26-22(25)20-16-18(27-15-14-23-12-6-3-7-13-23)10-11-19(20)21(24)17-8-4-2-5-9-17/h2,4-5,8-11,16H,3,6-7,12-15H2,1H3. The largest absolute Gasteiger partial charge is 0.492 e. The fourth-order valence-corrected chi connectivity index (χ4v) is 3.31. The fraction of sp³-hybridized carbons (Fsp3) is 0.364. The second-order valence-corrected chi connectivity index (χ2v) is 6.64. The number of methoxy groups -OCH3 is 1. The van der Waals surface area contributed by atoms with Gasteiger partial charge in [0.2, 0.25) is 0 Å². The lowest BCUT2D eigenvalue weighted by Crippen LogP contribution is -2.33. The Bertz CT molecular complexity index is 782. The van der Waals surface area contributed by atoms with E-state index in [-0.39, 0.29) is 11.3 Å². The van der Waals surface area contributed by atoms with E-state index in [1.165, 1.54) is 26.4 Å². The van der Waals surface area contributed by atoms with Crippen LogP contribution in [0.3, 0.4) is 0 Å². The molecule has 0 aromatic heterocycles. The summed E-state index contributed by atoms with van der Waals surface area (Å²) in [6.45, 7) is 3.63. The van der Waals surface area contributed by atoms with Crippen LogP contribution in [0, 0.1) is 0 Å². The van der Waals surface area contributed by atoms with Crippen LogP contribution in [0.1, 0.15) is 45.5 Å². The van der Waals surface area contributed by atoms with Crippen molar-refractivity contribution in [3.63, 3.8) is 0 Å². The van der Waals surface area contributed by atoms with Crippen LogP contribution in [0.5, 0.6) is 5.75 Å². The number of nitrogens with zero attached hydrogens (tertiary/aromatic N) is 1. The molecular weight excluding hydrogens is 342 g/mol. The second kappa shape index (κ2) is 9.33. The highest BCUT2D eigenvalue weighted by Crippen LogP contribution is 2.22. The Labute approximate surface area is 159 Å². The van der Waals surface area contributed by atoms with Gasteiger partial charge in [-0.2, -0.15) is 0 Å². The number of ketones is 1. The zero-order valence-electron chi connectivity index (χ0n) is 15.6. The molecule has 0 bridgehead atoms. The summed E-state index contributed by atoms with van der Waals surface area (Å²) in [7, 11) is 1.31. The quantitative estimate of drug-likeness (QED) is 0.553. The summed E-state index contributed by atoms with van der Waals surface area (Å²) in [4.78, 5) is 27.4. The van der Waals surface area contributed by atoms with E-state index < -0.39 is 5.97 Å². The Morgan fingerprint density at radius 2 is 1.70 bits per heavy atom. The van der Waals surface area contributed by atoms with E-state index in [1.807, 2.05) is 6.07 Å². The van der Waals surface area contributed by atoms with Gasteiger partial charge in [0, 0.05) is 17.7 Å². The molecule has 5 heteroatoms. The molecule has 0 amide bonds. The van der Waals surface area contributed by atoms with Crippen molar-refractivity contribution < 1.29 is 19.1 Å². The molecule has 142 valence electrons. The Hall–Kier alpha value is -2.66. The van der Waals surface area contributed by atoms with Crippen LogP contribution in [-0.2, 0) is 4.74 Å². The maximum Gasteiger partial charge on any atom is 0.338 e. The average molecular weight is 367 g/mol. The molecule has 0 N–H and O–H groups in total. The predicted molar refractivity (Wildman–Crippen MR) is 103 cm³/mol. The summed E-state index contributed by atoms with van der Waals surface area (Å²) in [5, 5.41) is 0. The normalized spacial score (nSPS) is 14.6. The number of likely N-dealkylation sites (tertiary alicyclic amines) is 1. The highest BCUT2D eigenvalue weighted by Gasteiger charge is 2.20. The lowest BCUT2D eigenvalue weighted by atomic mass is 9.98. The third-order valence-corrected chi connectivity index (χ3v) is 4.80. The number of esters is 1. The van der Waals surface area contributed by atoms with Crippen LogP contribution in [0.25, 0.3) is 0 Å². The van der Waals surface area contributed by atoms with E-state index in [2.05, 4.69) is 4.90 Å². The summed E-state index contributed by atoms with van der Waals surface area (Å²) in [6.07, 6.45) is 3.78. The van der Waals surface area contributed by atoms with Gasteiger partial charge in [0.05, 0.1) is 12.7 Å². The molecular formula is C22H25NO4. The van der Waals surface area contributed by atoms with Crippen LogP contribution < -0.4 is 4.74 Å². The molecule has 2 aromatic rings. The minimum Gasteiger partial charge on any atom is -0.492 e. The molecule has 2 aromatic carbocycles. The molecule has 0 aliphatic carbocycles.